The van der Waals surface area contributed by atoms with Crippen LogP contribution in [0.5, 0.6) is 0 Å². The number of benzene rings is 1. The summed E-state index contributed by atoms with van der Waals surface area (Å²) in [5, 5.41) is 17.1. The molecule has 194 valence electrons. The summed E-state index contributed by atoms with van der Waals surface area (Å²) in [4.78, 5) is 30.0. The van der Waals surface area contributed by atoms with E-state index in [0.29, 0.717) is 31.8 Å². The van der Waals surface area contributed by atoms with Gasteiger partial charge < -0.3 is 15.0 Å². The van der Waals surface area contributed by atoms with Crippen molar-refractivity contribution < 1.29 is 23.1 Å². The molecule has 3 rings (SSSR count). The van der Waals surface area contributed by atoms with Gasteiger partial charge in [0.2, 0.25) is 11.8 Å². The topological polar surface area (TPSA) is 119 Å². The highest BCUT2D eigenvalue weighted by Gasteiger charge is 2.34. The number of hydrogen-bond donors (Lipinski definition) is 3. The molecule has 1 fully saturated rings. The Hall–Kier alpha value is -3.69. The van der Waals surface area contributed by atoms with Gasteiger partial charge in [-0.15, -0.1) is 0 Å². The van der Waals surface area contributed by atoms with Crippen LogP contribution in [0.3, 0.4) is 0 Å². The molecule has 8 nitrogen and oxygen atoms in total. The van der Waals surface area contributed by atoms with Crippen LogP contribution in [0.1, 0.15) is 55.7 Å². The minimum Gasteiger partial charge on any atom is -0.423 e. The zero-order valence-corrected chi connectivity index (χ0v) is 20.8. The van der Waals surface area contributed by atoms with E-state index in [1.807, 2.05) is 42.7 Å². The van der Waals surface area contributed by atoms with Gasteiger partial charge in [-0.05, 0) is 48.4 Å². The van der Waals surface area contributed by atoms with Crippen molar-refractivity contribution in [2.75, 3.05) is 6.54 Å². The molecule has 1 aromatic carbocycles. The second kappa shape index (κ2) is 14.0. The van der Waals surface area contributed by atoms with Gasteiger partial charge in [0.25, 0.3) is 5.90 Å². The maximum atomic E-state index is 12.4. The SMILES string of the molecule is Cc1ccncc1C(C)C.N=C(CC(=O)N1CCCC1C(=O)NCc1ccccc1)OC(=N)C(F)F. The predicted octanol–water partition coefficient (Wildman–Crippen LogP) is 4.43. The molecule has 0 spiro atoms. The molecule has 2 aromatic rings. The van der Waals surface area contributed by atoms with E-state index in [1.54, 1.807) is 0 Å². The van der Waals surface area contributed by atoms with E-state index in [1.165, 1.54) is 16.0 Å². The van der Waals surface area contributed by atoms with Crippen LogP contribution in [0.15, 0.2) is 48.8 Å². The van der Waals surface area contributed by atoms with Crippen LogP contribution in [0.4, 0.5) is 8.78 Å². The molecule has 2 amide bonds. The van der Waals surface area contributed by atoms with E-state index < -0.39 is 36.6 Å². The maximum absolute atomic E-state index is 12.4. The van der Waals surface area contributed by atoms with Gasteiger partial charge in [0.1, 0.15) is 12.5 Å². The standard InChI is InChI=1S/C17H20F2N4O3.C9H13N/c18-15(19)16(21)26-13(20)9-14(24)23-8-4-7-12(23)17(25)22-10-11-5-2-1-3-6-11;1-7(2)9-6-10-5-4-8(9)3/h1-3,5-6,12,15,20-21H,4,7-10H2,(H,22,25);4-7H,1-3H3. The summed E-state index contributed by atoms with van der Waals surface area (Å²) in [6.45, 7) is 7.18. The summed E-state index contributed by atoms with van der Waals surface area (Å²) >= 11 is 0. The number of alkyl halides is 2. The Labute approximate surface area is 210 Å². The van der Waals surface area contributed by atoms with E-state index in [4.69, 9.17) is 10.8 Å². The largest absolute Gasteiger partial charge is 0.423 e. The normalized spacial score (nSPS) is 14.8. The number of hydrogen-bond acceptors (Lipinski definition) is 6. The van der Waals surface area contributed by atoms with E-state index in [0.717, 1.165) is 5.56 Å². The van der Waals surface area contributed by atoms with Crippen LogP contribution in [-0.4, -0.2) is 52.5 Å². The predicted molar refractivity (Wildman–Crippen MR) is 133 cm³/mol. The number of amides is 2. The summed E-state index contributed by atoms with van der Waals surface area (Å²) in [5.41, 5.74) is 3.62. The molecule has 3 N–H and O–H groups in total. The first kappa shape index (κ1) is 28.5. The van der Waals surface area contributed by atoms with Gasteiger partial charge in [-0.1, -0.05) is 44.2 Å². The number of rotatable bonds is 7. The number of carbonyl (C=O) groups excluding carboxylic acids is 2. The molecule has 1 saturated heterocycles. The molecule has 0 radical (unpaired) electrons. The van der Waals surface area contributed by atoms with Crippen LogP contribution in [0.2, 0.25) is 0 Å². The summed E-state index contributed by atoms with van der Waals surface area (Å²) in [6.07, 6.45) is 1.19. The zero-order valence-electron chi connectivity index (χ0n) is 20.8. The summed E-state index contributed by atoms with van der Waals surface area (Å²) in [5.74, 6) is -2.38. The number of aromatic nitrogens is 1. The zero-order chi connectivity index (χ0) is 26.7. The Kier molecular flexibility index (Phi) is 11.1. The number of halogens is 2. The number of likely N-dealkylation sites (tertiary alicyclic amines) is 1. The highest BCUT2D eigenvalue weighted by Crippen LogP contribution is 2.19. The third kappa shape index (κ3) is 8.83. The molecule has 1 aliphatic rings. The molecule has 0 saturated carbocycles. The van der Waals surface area contributed by atoms with Crippen LogP contribution < -0.4 is 5.32 Å². The molecular formula is C26H33F2N5O3. The van der Waals surface area contributed by atoms with Crippen molar-refractivity contribution >= 4 is 23.6 Å². The van der Waals surface area contributed by atoms with Gasteiger partial charge in [-0.2, -0.15) is 8.78 Å². The van der Waals surface area contributed by atoms with Gasteiger partial charge in [-0.25, -0.2) is 0 Å². The van der Waals surface area contributed by atoms with Crippen LogP contribution in [0, 0.1) is 17.7 Å². The molecule has 2 heterocycles. The molecule has 1 unspecified atom stereocenters. The van der Waals surface area contributed by atoms with Gasteiger partial charge in [0.05, 0.1) is 0 Å². The van der Waals surface area contributed by atoms with E-state index in [9.17, 15) is 18.4 Å². The van der Waals surface area contributed by atoms with Crippen molar-refractivity contribution in [2.45, 2.75) is 65.0 Å². The smallest absolute Gasteiger partial charge is 0.312 e. The summed E-state index contributed by atoms with van der Waals surface area (Å²) < 4.78 is 28.8. The lowest BCUT2D eigenvalue weighted by Gasteiger charge is -2.24. The molecule has 0 aliphatic carbocycles. The van der Waals surface area contributed by atoms with Crippen molar-refractivity contribution in [3.05, 3.63) is 65.5 Å². The molecular weight excluding hydrogens is 468 g/mol. The highest BCUT2D eigenvalue weighted by atomic mass is 19.3. The Balaban J connectivity index is 0.000000380. The first-order valence-electron chi connectivity index (χ1n) is 11.7. The second-order valence-electron chi connectivity index (χ2n) is 8.70. The Morgan fingerprint density at radius 2 is 1.89 bits per heavy atom. The Bertz CT molecular complexity index is 1050. The van der Waals surface area contributed by atoms with E-state index >= 15 is 0 Å². The monoisotopic (exact) mass is 501 g/mol. The fourth-order valence-electron chi connectivity index (χ4n) is 3.77. The lowest BCUT2D eigenvalue weighted by atomic mass is 10.0. The molecule has 1 aliphatic heterocycles. The molecule has 1 atom stereocenters. The van der Waals surface area contributed by atoms with E-state index in [-0.39, 0.29) is 5.91 Å². The quantitative estimate of drug-likeness (QED) is 0.384. The average molecular weight is 502 g/mol. The van der Waals surface area contributed by atoms with E-state index in [2.05, 4.69) is 41.9 Å². The average Bonchev–Trinajstić information content (AvgIpc) is 3.34. The van der Waals surface area contributed by atoms with Crippen LogP contribution in [-0.2, 0) is 20.9 Å². The minimum absolute atomic E-state index is 0.299. The molecule has 10 heteroatoms. The Morgan fingerprint density at radius 1 is 1.19 bits per heavy atom. The lowest BCUT2D eigenvalue weighted by Crippen LogP contribution is -2.46. The highest BCUT2D eigenvalue weighted by molar-refractivity contribution is 6.01. The van der Waals surface area contributed by atoms with Crippen molar-refractivity contribution in [1.82, 2.24) is 15.2 Å². The number of nitrogens with one attached hydrogen (secondary N) is 3. The maximum Gasteiger partial charge on any atom is 0.312 e. The number of carbonyl (C=O) groups is 2. The van der Waals surface area contributed by atoms with Crippen molar-refractivity contribution in [2.24, 2.45) is 0 Å². The van der Waals surface area contributed by atoms with Gasteiger partial charge >= 0.3 is 6.43 Å². The number of nitrogens with zero attached hydrogens (tertiary/aromatic N) is 2. The Morgan fingerprint density at radius 3 is 2.47 bits per heavy atom. The minimum atomic E-state index is -3.14. The summed E-state index contributed by atoms with van der Waals surface area (Å²) in [7, 11) is 0. The fraction of sp³-hybridized carbons (Fsp3) is 0.423. The van der Waals surface area contributed by atoms with Crippen molar-refractivity contribution in [3.8, 4) is 0 Å². The van der Waals surface area contributed by atoms with Crippen molar-refractivity contribution in [1.29, 1.82) is 10.8 Å². The molecule has 1 aromatic heterocycles. The second-order valence-corrected chi connectivity index (χ2v) is 8.70. The fourth-order valence-corrected chi connectivity index (χ4v) is 3.77. The third-order valence-corrected chi connectivity index (χ3v) is 5.63. The molecule has 36 heavy (non-hydrogen) atoms. The third-order valence-electron chi connectivity index (χ3n) is 5.63. The van der Waals surface area contributed by atoms with Gasteiger partial charge in [-0.3, -0.25) is 25.4 Å². The first-order chi connectivity index (χ1) is 17.1. The number of pyridine rings is 1. The van der Waals surface area contributed by atoms with Gasteiger partial charge in [0.15, 0.2) is 5.90 Å². The van der Waals surface area contributed by atoms with Crippen LogP contribution >= 0.6 is 0 Å². The number of ether oxygens (including phenoxy) is 1. The molecule has 0 bridgehead atoms. The van der Waals surface area contributed by atoms with Gasteiger partial charge in [0, 0.05) is 25.5 Å². The number of aryl methyl sites for hydroxylation is 1. The van der Waals surface area contributed by atoms with Crippen LogP contribution in [0.25, 0.3) is 0 Å². The summed E-state index contributed by atoms with van der Waals surface area (Å²) in [6, 6.07) is 10.7. The first-order valence-corrected chi connectivity index (χ1v) is 11.7. The lowest BCUT2D eigenvalue weighted by molar-refractivity contribution is -0.137. The van der Waals surface area contributed by atoms with Crippen molar-refractivity contribution in [3.63, 3.8) is 0 Å².